The molecule has 0 spiro atoms. The molecule has 0 fully saturated rings. The number of thiophene rings is 1. The van der Waals surface area contributed by atoms with E-state index in [4.69, 9.17) is 0 Å². The lowest BCUT2D eigenvalue weighted by Gasteiger charge is -2.23. The third-order valence-electron chi connectivity index (χ3n) is 4.40. The summed E-state index contributed by atoms with van der Waals surface area (Å²) in [6.45, 7) is 9.33. The van der Waals surface area contributed by atoms with Crippen LogP contribution in [-0.4, -0.2) is 28.5 Å². The predicted molar refractivity (Wildman–Crippen MR) is 112 cm³/mol. The molecular weight excluding hydrogens is 360 g/mol. The summed E-state index contributed by atoms with van der Waals surface area (Å²) in [7, 11) is 0. The number of hydrogen-bond donors (Lipinski definition) is 1. The smallest absolute Gasteiger partial charge is 0.273 e. The van der Waals surface area contributed by atoms with E-state index < -0.39 is 0 Å². The normalized spacial score (nSPS) is 11.0. The van der Waals surface area contributed by atoms with Gasteiger partial charge >= 0.3 is 0 Å². The summed E-state index contributed by atoms with van der Waals surface area (Å²) in [5.41, 5.74) is 3.39. The number of hydrogen-bond acceptors (Lipinski definition) is 5. The Balaban J connectivity index is 1.97. The number of carbonyl (C=O) groups is 1. The number of anilines is 2. The maximum absolute atomic E-state index is 13.0. The van der Waals surface area contributed by atoms with Gasteiger partial charge in [0.1, 0.15) is 11.2 Å². The first-order valence-corrected chi connectivity index (χ1v) is 9.92. The fourth-order valence-corrected chi connectivity index (χ4v) is 3.99. The third kappa shape index (κ3) is 4.03. The van der Waals surface area contributed by atoms with Gasteiger partial charge in [0.15, 0.2) is 0 Å². The molecular formula is C20H24N4O2S. The molecule has 0 saturated carbocycles. The highest BCUT2D eigenvalue weighted by molar-refractivity contribution is 7.17. The highest BCUT2D eigenvalue weighted by atomic mass is 32.1. The van der Waals surface area contributed by atoms with Gasteiger partial charge in [0.2, 0.25) is 11.9 Å². The number of rotatable bonds is 6. The molecule has 0 atom stereocenters. The van der Waals surface area contributed by atoms with Crippen LogP contribution in [0.3, 0.4) is 0 Å². The molecule has 0 aliphatic heterocycles. The Hall–Kier alpha value is -2.67. The number of nitrogens with one attached hydrogen (secondary N) is 1. The molecule has 1 aromatic carbocycles. The lowest BCUT2D eigenvalue weighted by molar-refractivity contribution is -0.116. The molecule has 3 aromatic rings. The first-order chi connectivity index (χ1) is 12.9. The number of benzene rings is 1. The summed E-state index contributed by atoms with van der Waals surface area (Å²) in [5, 5.41) is 4.75. The van der Waals surface area contributed by atoms with Crippen molar-refractivity contribution in [1.82, 2.24) is 9.55 Å². The van der Waals surface area contributed by atoms with Crippen molar-refractivity contribution in [3.8, 4) is 0 Å². The van der Waals surface area contributed by atoms with E-state index >= 15 is 0 Å². The molecule has 0 aliphatic rings. The maximum atomic E-state index is 13.0. The molecule has 0 aliphatic carbocycles. The van der Waals surface area contributed by atoms with Crippen molar-refractivity contribution in [2.24, 2.45) is 0 Å². The van der Waals surface area contributed by atoms with E-state index in [1.54, 1.807) is 0 Å². The molecule has 2 aromatic heterocycles. The van der Waals surface area contributed by atoms with E-state index in [0.717, 1.165) is 16.8 Å². The van der Waals surface area contributed by atoms with Crippen molar-refractivity contribution in [2.75, 3.05) is 23.3 Å². The molecule has 1 amide bonds. The first-order valence-electron chi connectivity index (χ1n) is 9.04. The molecule has 0 saturated heterocycles. The highest BCUT2D eigenvalue weighted by Gasteiger charge is 2.18. The van der Waals surface area contributed by atoms with Crippen molar-refractivity contribution >= 4 is 39.1 Å². The van der Waals surface area contributed by atoms with Gasteiger partial charge in [-0.25, -0.2) is 4.98 Å². The topological polar surface area (TPSA) is 67.2 Å². The Morgan fingerprint density at radius 3 is 2.48 bits per heavy atom. The molecule has 142 valence electrons. The number of amides is 1. The number of nitrogens with zero attached hydrogens (tertiary/aromatic N) is 3. The number of aromatic nitrogens is 2. The number of carbonyl (C=O) groups excluding carboxylic acids is 1. The summed E-state index contributed by atoms with van der Waals surface area (Å²) in [5.74, 6) is 0.291. The van der Waals surface area contributed by atoms with Crippen molar-refractivity contribution in [1.29, 1.82) is 0 Å². The van der Waals surface area contributed by atoms with Gasteiger partial charge in [-0.2, -0.15) is 0 Å². The van der Waals surface area contributed by atoms with E-state index in [-0.39, 0.29) is 18.0 Å². The summed E-state index contributed by atoms with van der Waals surface area (Å²) < 4.78 is 2.05. The fourth-order valence-electron chi connectivity index (χ4n) is 3.21. The predicted octanol–water partition coefficient (Wildman–Crippen LogP) is 3.56. The third-order valence-corrected chi connectivity index (χ3v) is 5.29. The summed E-state index contributed by atoms with van der Waals surface area (Å²) >= 11 is 1.35. The SMILES string of the molecule is CCN(CC)c1nc2ccsc2c(=O)n1CC(=O)Nc1cc(C)cc(C)c1. The Kier molecular flexibility index (Phi) is 5.60. The summed E-state index contributed by atoms with van der Waals surface area (Å²) in [6.07, 6.45) is 0. The van der Waals surface area contributed by atoms with E-state index in [0.29, 0.717) is 29.3 Å². The van der Waals surface area contributed by atoms with Crippen LogP contribution in [0.25, 0.3) is 10.2 Å². The number of fused-ring (bicyclic) bond motifs is 1. The summed E-state index contributed by atoms with van der Waals surface area (Å²) in [6, 6.07) is 7.72. The van der Waals surface area contributed by atoms with Crippen LogP contribution in [0.1, 0.15) is 25.0 Å². The van der Waals surface area contributed by atoms with Crippen LogP contribution < -0.4 is 15.8 Å². The van der Waals surface area contributed by atoms with Crippen LogP contribution in [-0.2, 0) is 11.3 Å². The van der Waals surface area contributed by atoms with Crippen LogP contribution in [0.15, 0.2) is 34.4 Å². The Labute approximate surface area is 162 Å². The van der Waals surface area contributed by atoms with Gasteiger partial charge in [-0.05, 0) is 62.4 Å². The molecule has 1 N–H and O–H groups in total. The van der Waals surface area contributed by atoms with Gasteiger partial charge in [0.25, 0.3) is 5.56 Å². The van der Waals surface area contributed by atoms with Gasteiger partial charge in [-0.1, -0.05) is 6.07 Å². The monoisotopic (exact) mass is 384 g/mol. The standard InChI is InChI=1S/C20H24N4O2S/c1-5-23(6-2)20-22-16-7-8-27-18(16)19(26)24(20)12-17(25)21-15-10-13(3)9-14(4)11-15/h7-11H,5-6,12H2,1-4H3,(H,21,25). The fraction of sp³-hybridized carbons (Fsp3) is 0.350. The average molecular weight is 385 g/mol. The molecule has 0 radical (unpaired) electrons. The second kappa shape index (κ2) is 7.92. The largest absolute Gasteiger partial charge is 0.343 e. The van der Waals surface area contributed by atoms with Gasteiger partial charge < -0.3 is 10.2 Å². The van der Waals surface area contributed by atoms with Gasteiger partial charge in [-0.3, -0.25) is 14.2 Å². The van der Waals surface area contributed by atoms with Crippen LogP contribution >= 0.6 is 11.3 Å². The molecule has 0 bridgehead atoms. The minimum atomic E-state index is -0.242. The lowest BCUT2D eigenvalue weighted by Crippen LogP contribution is -2.35. The van der Waals surface area contributed by atoms with Crippen LogP contribution in [0.5, 0.6) is 0 Å². The van der Waals surface area contributed by atoms with E-state index in [2.05, 4.69) is 10.3 Å². The highest BCUT2D eigenvalue weighted by Crippen LogP contribution is 2.20. The first kappa shape index (κ1) is 19.1. The summed E-state index contributed by atoms with van der Waals surface area (Å²) in [4.78, 5) is 32.3. The van der Waals surface area contributed by atoms with Crippen LogP contribution in [0.4, 0.5) is 11.6 Å². The molecule has 27 heavy (non-hydrogen) atoms. The zero-order chi connectivity index (χ0) is 19.6. The van der Waals surface area contributed by atoms with Crippen LogP contribution in [0.2, 0.25) is 0 Å². The molecule has 3 rings (SSSR count). The van der Waals surface area contributed by atoms with Crippen molar-refractivity contribution in [3.63, 3.8) is 0 Å². The Bertz CT molecular complexity index is 1010. The molecule has 7 heteroatoms. The Morgan fingerprint density at radius 1 is 1.19 bits per heavy atom. The second-order valence-corrected chi connectivity index (χ2v) is 7.45. The zero-order valence-electron chi connectivity index (χ0n) is 16.1. The van der Waals surface area contributed by atoms with E-state index in [1.807, 2.05) is 62.2 Å². The maximum Gasteiger partial charge on any atom is 0.273 e. The zero-order valence-corrected chi connectivity index (χ0v) is 16.9. The number of aryl methyl sites for hydroxylation is 2. The van der Waals surface area contributed by atoms with Crippen molar-refractivity contribution < 1.29 is 4.79 Å². The van der Waals surface area contributed by atoms with Crippen molar-refractivity contribution in [3.05, 3.63) is 51.1 Å². The average Bonchev–Trinajstić information content (AvgIpc) is 3.07. The van der Waals surface area contributed by atoms with Gasteiger partial charge in [0.05, 0.1) is 5.52 Å². The second-order valence-electron chi connectivity index (χ2n) is 6.53. The van der Waals surface area contributed by atoms with Gasteiger partial charge in [-0.15, -0.1) is 11.3 Å². The van der Waals surface area contributed by atoms with Crippen molar-refractivity contribution in [2.45, 2.75) is 34.2 Å². The minimum Gasteiger partial charge on any atom is -0.343 e. The van der Waals surface area contributed by atoms with E-state index in [1.165, 1.54) is 15.9 Å². The molecule has 6 nitrogen and oxygen atoms in total. The molecule has 2 heterocycles. The van der Waals surface area contributed by atoms with E-state index in [9.17, 15) is 9.59 Å². The molecule has 0 unspecified atom stereocenters. The van der Waals surface area contributed by atoms with Crippen LogP contribution in [0, 0.1) is 13.8 Å². The minimum absolute atomic E-state index is 0.0709. The quantitative estimate of drug-likeness (QED) is 0.706. The Morgan fingerprint density at radius 2 is 1.85 bits per heavy atom. The lowest BCUT2D eigenvalue weighted by atomic mass is 10.1. The van der Waals surface area contributed by atoms with Gasteiger partial charge in [0, 0.05) is 18.8 Å².